The van der Waals surface area contributed by atoms with Crippen LogP contribution >= 0.6 is 0 Å². The molecule has 0 spiro atoms. The third kappa shape index (κ3) is 1.97. The molecule has 2 bridgehead atoms. The Morgan fingerprint density at radius 2 is 1.80 bits per heavy atom. The summed E-state index contributed by atoms with van der Waals surface area (Å²) in [5, 5.41) is 8.60. The van der Waals surface area contributed by atoms with Crippen molar-refractivity contribution in [1.82, 2.24) is 9.80 Å². The maximum atomic E-state index is 11.7. The molecule has 2 saturated heterocycles. The Morgan fingerprint density at radius 1 is 1.27 bits per heavy atom. The largest absolute Gasteiger partial charge is 0.481 e. The molecule has 84 valence electrons. The molecule has 2 aliphatic heterocycles. The van der Waals surface area contributed by atoms with Crippen molar-refractivity contribution in [2.24, 2.45) is 0 Å². The van der Waals surface area contributed by atoms with Crippen LogP contribution in [0.15, 0.2) is 0 Å². The lowest BCUT2D eigenvalue weighted by atomic mass is 10.2. The Balaban J connectivity index is 2.04. The molecule has 0 aromatic heterocycles. The molecule has 2 unspecified atom stereocenters. The highest BCUT2D eigenvalue weighted by atomic mass is 16.4. The van der Waals surface area contributed by atoms with E-state index >= 15 is 0 Å². The molecule has 0 aliphatic carbocycles. The first-order valence-electron chi connectivity index (χ1n) is 5.29. The fourth-order valence-corrected chi connectivity index (χ4v) is 2.74. The maximum Gasteiger partial charge on any atom is 0.312 e. The summed E-state index contributed by atoms with van der Waals surface area (Å²) in [5.41, 5.74) is 0. The summed E-state index contributed by atoms with van der Waals surface area (Å²) in [7, 11) is 2.05. The number of carbonyl (C=O) groups excluding carboxylic acids is 1. The molecule has 2 atom stereocenters. The van der Waals surface area contributed by atoms with Gasteiger partial charge in [0.05, 0.1) is 0 Å². The number of rotatable bonds is 2. The molecule has 2 heterocycles. The average molecular weight is 212 g/mol. The van der Waals surface area contributed by atoms with Crippen LogP contribution in [0, 0.1) is 0 Å². The molecule has 2 aliphatic rings. The molecule has 2 rings (SSSR count). The molecule has 1 N–H and O–H groups in total. The number of piperazine rings is 1. The molecular formula is C10H16N2O3. The van der Waals surface area contributed by atoms with Gasteiger partial charge in [-0.2, -0.15) is 0 Å². The lowest BCUT2D eigenvalue weighted by Crippen LogP contribution is -2.54. The normalized spacial score (nSPS) is 30.6. The first-order chi connectivity index (χ1) is 7.08. The van der Waals surface area contributed by atoms with Crippen LogP contribution in [0.25, 0.3) is 0 Å². The zero-order valence-corrected chi connectivity index (χ0v) is 8.85. The van der Waals surface area contributed by atoms with E-state index in [2.05, 4.69) is 4.90 Å². The van der Waals surface area contributed by atoms with E-state index in [0.717, 1.165) is 25.9 Å². The van der Waals surface area contributed by atoms with E-state index in [-0.39, 0.29) is 24.4 Å². The van der Waals surface area contributed by atoms with Crippen molar-refractivity contribution in [3.05, 3.63) is 0 Å². The van der Waals surface area contributed by atoms with Crippen LogP contribution in [0.4, 0.5) is 0 Å². The Kier molecular flexibility index (Phi) is 2.65. The number of amides is 1. The van der Waals surface area contributed by atoms with Gasteiger partial charge in [-0.15, -0.1) is 0 Å². The minimum absolute atomic E-state index is 0.219. The van der Waals surface area contributed by atoms with Crippen molar-refractivity contribution in [1.29, 1.82) is 0 Å². The number of aliphatic carboxylic acids is 1. The second-order valence-corrected chi connectivity index (χ2v) is 4.48. The van der Waals surface area contributed by atoms with Gasteiger partial charge in [-0.3, -0.25) is 9.59 Å². The Labute approximate surface area is 88.6 Å². The van der Waals surface area contributed by atoms with Gasteiger partial charge in [0.15, 0.2) is 0 Å². The van der Waals surface area contributed by atoms with Gasteiger partial charge >= 0.3 is 5.97 Å². The van der Waals surface area contributed by atoms with E-state index < -0.39 is 5.97 Å². The van der Waals surface area contributed by atoms with Crippen LogP contribution in [0.1, 0.15) is 19.3 Å². The number of hydrogen-bond donors (Lipinski definition) is 1. The maximum absolute atomic E-state index is 11.7. The number of carboxylic acids is 1. The van der Waals surface area contributed by atoms with Crippen molar-refractivity contribution in [3.63, 3.8) is 0 Å². The topological polar surface area (TPSA) is 60.9 Å². The minimum atomic E-state index is -1.03. The van der Waals surface area contributed by atoms with Crippen molar-refractivity contribution in [2.45, 2.75) is 31.3 Å². The molecule has 1 amide bonds. The molecular weight excluding hydrogens is 196 g/mol. The van der Waals surface area contributed by atoms with E-state index in [1.807, 2.05) is 7.05 Å². The highest BCUT2D eigenvalue weighted by Gasteiger charge is 2.41. The predicted octanol–water partition coefficient (Wildman–Crippen LogP) is -0.234. The molecule has 0 radical (unpaired) electrons. The standard InChI is InChI=1S/C10H16N2O3/c1-11-5-7-2-3-8(6-11)12(7)9(13)4-10(14)15/h7-8H,2-6H2,1H3,(H,14,15). The van der Waals surface area contributed by atoms with Gasteiger partial charge in [0.25, 0.3) is 0 Å². The first kappa shape index (κ1) is 10.4. The minimum Gasteiger partial charge on any atom is -0.481 e. The Morgan fingerprint density at radius 3 is 2.27 bits per heavy atom. The number of carboxylic acid groups (broad SMARTS) is 1. The van der Waals surface area contributed by atoms with Crippen molar-refractivity contribution >= 4 is 11.9 Å². The average Bonchev–Trinajstić information content (AvgIpc) is 2.38. The van der Waals surface area contributed by atoms with E-state index in [4.69, 9.17) is 5.11 Å². The summed E-state index contributed by atoms with van der Waals surface area (Å²) < 4.78 is 0. The lowest BCUT2D eigenvalue weighted by molar-refractivity contribution is -0.146. The van der Waals surface area contributed by atoms with Crippen molar-refractivity contribution < 1.29 is 14.7 Å². The Bertz CT molecular complexity index is 278. The Hall–Kier alpha value is -1.10. The monoisotopic (exact) mass is 212 g/mol. The second-order valence-electron chi connectivity index (χ2n) is 4.48. The van der Waals surface area contributed by atoms with Crippen LogP contribution in [-0.4, -0.2) is 59.0 Å². The molecule has 0 aromatic rings. The van der Waals surface area contributed by atoms with Crippen LogP contribution in [-0.2, 0) is 9.59 Å². The lowest BCUT2D eigenvalue weighted by Gasteiger charge is -2.39. The smallest absolute Gasteiger partial charge is 0.312 e. The van der Waals surface area contributed by atoms with Crippen LogP contribution in [0.5, 0.6) is 0 Å². The van der Waals surface area contributed by atoms with E-state index in [1.54, 1.807) is 4.90 Å². The van der Waals surface area contributed by atoms with E-state index in [9.17, 15) is 9.59 Å². The summed E-state index contributed by atoms with van der Waals surface area (Å²) in [6.07, 6.45) is 1.66. The van der Waals surface area contributed by atoms with E-state index in [0.29, 0.717) is 0 Å². The van der Waals surface area contributed by atoms with Gasteiger partial charge < -0.3 is 14.9 Å². The summed E-state index contributed by atoms with van der Waals surface area (Å²) in [5.74, 6) is -1.25. The molecule has 0 aromatic carbocycles. The quantitative estimate of drug-likeness (QED) is 0.642. The van der Waals surface area contributed by atoms with Crippen LogP contribution < -0.4 is 0 Å². The number of carbonyl (C=O) groups is 2. The van der Waals surface area contributed by atoms with Gasteiger partial charge in [-0.05, 0) is 19.9 Å². The fourth-order valence-electron chi connectivity index (χ4n) is 2.74. The summed E-state index contributed by atoms with van der Waals surface area (Å²) in [4.78, 5) is 26.2. The SMILES string of the molecule is CN1CC2CCC(C1)N2C(=O)CC(=O)O. The summed E-state index contributed by atoms with van der Waals surface area (Å²) in [6.45, 7) is 1.75. The first-order valence-corrected chi connectivity index (χ1v) is 5.29. The third-order valence-electron chi connectivity index (χ3n) is 3.26. The highest BCUT2D eigenvalue weighted by molar-refractivity contribution is 5.93. The number of nitrogens with zero attached hydrogens (tertiary/aromatic N) is 2. The zero-order chi connectivity index (χ0) is 11.0. The molecule has 15 heavy (non-hydrogen) atoms. The molecule has 2 fully saturated rings. The molecule has 0 saturated carbocycles. The summed E-state index contributed by atoms with van der Waals surface area (Å²) >= 11 is 0. The molecule has 5 nitrogen and oxygen atoms in total. The summed E-state index contributed by atoms with van der Waals surface area (Å²) in [6, 6.07) is 0.473. The second kappa shape index (κ2) is 3.81. The van der Waals surface area contributed by atoms with Gasteiger partial charge in [0, 0.05) is 25.2 Å². The van der Waals surface area contributed by atoms with Gasteiger partial charge in [-0.1, -0.05) is 0 Å². The number of fused-ring (bicyclic) bond motifs is 2. The van der Waals surface area contributed by atoms with Crippen LogP contribution in [0.3, 0.4) is 0 Å². The van der Waals surface area contributed by atoms with Crippen LogP contribution in [0.2, 0.25) is 0 Å². The predicted molar refractivity (Wildman–Crippen MR) is 53.4 cm³/mol. The number of likely N-dealkylation sites (N-methyl/N-ethyl adjacent to an activating group) is 1. The van der Waals surface area contributed by atoms with Gasteiger partial charge in [-0.25, -0.2) is 0 Å². The third-order valence-corrected chi connectivity index (χ3v) is 3.26. The van der Waals surface area contributed by atoms with Gasteiger partial charge in [0.2, 0.25) is 5.91 Å². The number of likely N-dealkylation sites (tertiary alicyclic amines) is 1. The number of hydrogen-bond acceptors (Lipinski definition) is 3. The molecule has 5 heteroatoms. The van der Waals surface area contributed by atoms with Gasteiger partial charge in [0.1, 0.15) is 6.42 Å². The van der Waals surface area contributed by atoms with Crippen molar-refractivity contribution in [2.75, 3.05) is 20.1 Å². The van der Waals surface area contributed by atoms with Crippen molar-refractivity contribution in [3.8, 4) is 0 Å². The van der Waals surface area contributed by atoms with E-state index in [1.165, 1.54) is 0 Å². The highest BCUT2D eigenvalue weighted by Crippen LogP contribution is 2.29. The zero-order valence-electron chi connectivity index (χ0n) is 8.85. The fraction of sp³-hybridized carbons (Fsp3) is 0.800.